The van der Waals surface area contributed by atoms with Gasteiger partial charge in [0.2, 0.25) is 0 Å². The maximum absolute atomic E-state index is 12.0. The fourth-order valence-corrected chi connectivity index (χ4v) is 2.13. The molecule has 0 saturated heterocycles. The van der Waals surface area contributed by atoms with E-state index in [9.17, 15) is 4.79 Å². The molecule has 0 atom stereocenters. The van der Waals surface area contributed by atoms with E-state index in [0.29, 0.717) is 10.7 Å². The smallest absolute Gasteiger partial charge is 0.259 e. The molecule has 0 aliphatic carbocycles. The number of anilines is 1. The van der Waals surface area contributed by atoms with Crippen LogP contribution in [0.4, 0.5) is 5.13 Å². The Bertz CT molecular complexity index is 659. The molecule has 2 aromatic heterocycles. The highest BCUT2D eigenvalue weighted by Crippen LogP contribution is 2.18. The monoisotopic (exact) mass is 244 g/mol. The number of para-hydroxylation sites is 1. The van der Waals surface area contributed by atoms with E-state index < -0.39 is 0 Å². The van der Waals surface area contributed by atoms with Gasteiger partial charge in [0, 0.05) is 17.0 Å². The minimum absolute atomic E-state index is 0.185. The first-order valence-corrected chi connectivity index (χ1v) is 5.85. The molecule has 0 aliphatic rings. The lowest BCUT2D eigenvalue weighted by molar-refractivity contribution is 0.102. The van der Waals surface area contributed by atoms with Gasteiger partial charge in [-0.3, -0.25) is 15.2 Å². The van der Waals surface area contributed by atoms with Gasteiger partial charge in [-0.05, 0) is 6.07 Å². The van der Waals surface area contributed by atoms with E-state index >= 15 is 0 Å². The highest BCUT2D eigenvalue weighted by molar-refractivity contribution is 7.13. The second-order valence-corrected chi connectivity index (χ2v) is 4.33. The van der Waals surface area contributed by atoms with Crippen LogP contribution in [0.3, 0.4) is 0 Å². The van der Waals surface area contributed by atoms with Crippen LogP contribution in [0.1, 0.15) is 10.4 Å². The molecule has 2 heterocycles. The van der Waals surface area contributed by atoms with E-state index in [0.717, 1.165) is 10.9 Å². The fraction of sp³-hybridized carbons (Fsp3) is 0. The summed E-state index contributed by atoms with van der Waals surface area (Å²) < 4.78 is 0. The van der Waals surface area contributed by atoms with Crippen LogP contribution in [0.2, 0.25) is 0 Å². The predicted octanol–water partition coefficient (Wildman–Crippen LogP) is 2.27. The number of H-pyrrole nitrogens is 1. The molecule has 2 N–H and O–H groups in total. The summed E-state index contributed by atoms with van der Waals surface area (Å²) in [6.07, 6.45) is 3.34. The number of carbonyl (C=O) groups excluding carboxylic acids is 1. The number of hydrogen-bond acceptors (Lipinski definition) is 4. The number of aromatic amines is 1. The van der Waals surface area contributed by atoms with Crippen molar-refractivity contribution < 1.29 is 4.79 Å². The number of thiazole rings is 1. The summed E-state index contributed by atoms with van der Waals surface area (Å²) in [5.41, 5.74) is 1.30. The molecule has 1 aromatic carbocycles. The minimum Gasteiger partial charge on any atom is -0.298 e. The number of amides is 1. The number of aromatic nitrogens is 3. The molecule has 6 heteroatoms. The molecule has 5 nitrogen and oxygen atoms in total. The van der Waals surface area contributed by atoms with E-state index in [1.54, 1.807) is 18.5 Å². The summed E-state index contributed by atoms with van der Waals surface area (Å²) in [6.45, 7) is 0. The Labute approximate surface area is 101 Å². The molecule has 0 spiro atoms. The zero-order valence-corrected chi connectivity index (χ0v) is 9.49. The summed E-state index contributed by atoms with van der Waals surface area (Å²) in [6, 6.07) is 5.48. The first-order valence-electron chi connectivity index (χ1n) is 4.97. The number of nitrogens with one attached hydrogen (secondary N) is 2. The lowest BCUT2D eigenvalue weighted by Crippen LogP contribution is -2.12. The van der Waals surface area contributed by atoms with Crippen molar-refractivity contribution in [2.45, 2.75) is 0 Å². The van der Waals surface area contributed by atoms with Crippen molar-refractivity contribution in [3.8, 4) is 0 Å². The maximum atomic E-state index is 12.0. The Kier molecular flexibility index (Phi) is 2.34. The Morgan fingerprint density at radius 1 is 1.41 bits per heavy atom. The molecule has 84 valence electrons. The average Bonchev–Trinajstić information content (AvgIpc) is 2.97. The van der Waals surface area contributed by atoms with Crippen molar-refractivity contribution in [3.63, 3.8) is 0 Å². The normalized spacial score (nSPS) is 10.6. The minimum atomic E-state index is -0.185. The van der Waals surface area contributed by atoms with Gasteiger partial charge in [-0.25, -0.2) is 4.98 Å². The van der Waals surface area contributed by atoms with E-state index in [1.165, 1.54) is 11.3 Å². The molecule has 17 heavy (non-hydrogen) atoms. The third-order valence-electron chi connectivity index (χ3n) is 2.37. The number of benzene rings is 1. The lowest BCUT2D eigenvalue weighted by atomic mass is 10.1. The largest absolute Gasteiger partial charge is 0.298 e. The SMILES string of the molecule is O=C(Nc1nccs1)c1cccc2cn[nH]c12. The number of rotatable bonds is 2. The molecule has 3 rings (SSSR count). The van der Waals surface area contributed by atoms with Crippen LogP contribution in [0, 0.1) is 0 Å². The fourth-order valence-electron chi connectivity index (χ4n) is 1.61. The van der Waals surface area contributed by atoms with Crippen LogP contribution in [-0.4, -0.2) is 21.1 Å². The van der Waals surface area contributed by atoms with Crippen LogP contribution in [-0.2, 0) is 0 Å². The molecule has 0 bridgehead atoms. The molecule has 0 saturated carbocycles. The summed E-state index contributed by atoms with van der Waals surface area (Å²) >= 11 is 1.38. The highest BCUT2D eigenvalue weighted by Gasteiger charge is 2.12. The standard InChI is InChI=1S/C11H8N4OS/c16-10(14-11-12-4-5-17-11)8-3-1-2-7-6-13-15-9(7)8/h1-6H,(H,13,15)(H,12,14,16). The van der Waals surface area contributed by atoms with E-state index in [4.69, 9.17) is 0 Å². The van der Waals surface area contributed by atoms with E-state index in [2.05, 4.69) is 20.5 Å². The van der Waals surface area contributed by atoms with Crippen LogP contribution in [0.5, 0.6) is 0 Å². The van der Waals surface area contributed by atoms with Crippen molar-refractivity contribution in [2.75, 3.05) is 5.32 Å². The summed E-state index contributed by atoms with van der Waals surface area (Å²) in [5, 5.41) is 12.8. The van der Waals surface area contributed by atoms with E-state index in [-0.39, 0.29) is 5.91 Å². The number of carbonyl (C=O) groups is 1. The van der Waals surface area contributed by atoms with Crippen molar-refractivity contribution in [1.29, 1.82) is 0 Å². The molecule has 0 radical (unpaired) electrons. The summed E-state index contributed by atoms with van der Waals surface area (Å²) in [7, 11) is 0. The molecule has 3 aromatic rings. The van der Waals surface area contributed by atoms with E-state index in [1.807, 2.05) is 17.5 Å². The third kappa shape index (κ3) is 1.78. The van der Waals surface area contributed by atoms with Crippen molar-refractivity contribution in [3.05, 3.63) is 41.5 Å². The third-order valence-corrected chi connectivity index (χ3v) is 3.06. The van der Waals surface area contributed by atoms with Gasteiger partial charge in [-0.1, -0.05) is 12.1 Å². The van der Waals surface area contributed by atoms with Crippen LogP contribution >= 0.6 is 11.3 Å². The van der Waals surface area contributed by atoms with Gasteiger partial charge >= 0.3 is 0 Å². The Hall–Kier alpha value is -2.21. The highest BCUT2D eigenvalue weighted by atomic mass is 32.1. The Morgan fingerprint density at radius 3 is 3.18 bits per heavy atom. The molecule has 0 fully saturated rings. The molecule has 0 unspecified atom stereocenters. The molecular formula is C11H8N4OS. The predicted molar refractivity (Wildman–Crippen MR) is 66.2 cm³/mol. The first kappa shape index (κ1) is 9.98. The van der Waals surface area contributed by atoms with Gasteiger partial charge in [0.15, 0.2) is 5.13 Å². The van der Waals surface area contributed by atoms with Crippen molar-refractivity contribution >= 4 is 33.3 Å². The van der Waals surface area contributed by atoms with Gasteiger partial charge in [0.05, 0.1) is 17.3 Å². The molecular weight excluding hydrogens is 236 g/mol. The maximum Gasteiger partial charge on any atom is 0.259 e. The zero-order chi connectivity index (χ0) is 11.7. The number of nitrogens with zero attached hydrogens (tertiary/aromatic N) is 2. The summed E-state index contributed by atoms with van der Waals surface area (Å²) in [4.78, 5) is 16.0. The van der Waals surface area contributed by atoms with Gasteiger partial charge < -0.3 is 0 Å². The van der Waals surface area contributed by atoms with Gasteiger partial charge in [-0.15, -0.1) is 11.3 Å². The van der Waals surface area contributed by atoms with Crippen molar-refractivity contribution in [1.82, 2.24) is 15.2 Å². The first-order chi connectivity index (χ1) is 8.34. The second-order valence-electron chi connectivity index (χ2n) is 3.43. The van der Waals surface area contributed by atoms with Crippen LogP contribution < -0.4 is 5.32 Å². The average molecular weight is 244 g/mol. The van der Waals surface area contributed by atoms with Gasteiger partial charge in [-0.2, -0.15) is 5.10 Å². The summed E-state index contributed by atoms with van der Waals surface area (Å²) in [5.74, 6) is -0.185. The van der Waals surface area contributed by atoms with Crippen LogP contribution in [0.25, 0.3) is 10.9 Å². The van der Waals surface area contributed by atoms with Crippen LogP contribution in [0.15, 0.2) is 36.0 Å². The number of hydrogen-bond donors (Lipinski definition) is 2. The van der Waals surface area contributed by atoms with Gasteiger partial charge in [0.1, 0.15) is 0 Å². The second kappa shape index (κ2) is 3.99. The Balaban J connectivity index is 1.98. The Morgan fingerprint density at radius 2 is 2.35 bits per heavy atom. The zero-order valence-electron chi connectivity index (χ0n) is 8.68. The topological polar surface area (TPSA) is 70.7 Å². The number of fused-ring (bicyclic) bond motifs is 1. The lowest BCUT2D eigenvalue weighted by Gasteiger charge is -2.02. The molecule has 1 amide bonds. The van der Waals surface area contributed by atoms with Crippen molar-refractivity contribution in [2.24, 2.45) is 0 Å². The molecule has 0 aliphatic heterocycles. The van der Waals surface area contributed by atoms with Gasteiger partial charge in [0.25, 0.3) is 5.91 Å². The quantitative estimate of drug-likeness (QED) is 0.726.